The van der Waals surface area contributed by atoms with Crippen molar-refractivity contribution in [2.24, 2.45) is 0 Å². The van der Waals surface area contributed by atoms with Crippen molar-refractivity contribution in [3.8, 4) is 0 Å². The van der Waals surface area contributed by atoms with Gasteiger partial charge in [-0.2, -0.15) is 0 Å². The molecule has 0 saturated carbocycles. The summed E-state index contributed by atoms with van der Waals surface area (Å²) in [6, 6.07) is 16.0. The second-order valence-electron chi connectivity index (χ2n) is 5.30. The van der Waals surface area contributed by atoms with E-state index in [1.807, 2.05) is 30.3 Å². The first-order chi connectivity index (χ1) is 10.5. The molecule has 5 nitrogen and oxygen atoms in total. The van der Waals surface area contributed by atoms with E-state index in [1.54, 1.807) is 24.3 Å². The van der Waals surface area contributed by atoms with E-state index < -0.39 is 23.9 Å². The van der Waals surface area contributed by atoms with E-state index in [0.717, 1.165) is 5.56 Å². The third-order valence-corrected chi connectivity index (χ3v) is 3.82. The topological polar surface area (TPSA) is 80.7 Å². The summed E-state index contributed by atoms with van der Waals surface area (Å²) >= 11 is 0. The van der Waals surface area contributed by atoms with Crippen LogP contribution in [0.2, 0.25) is 0 Å². The Morgan fingerprint density at radius 1 is 1.09 bits per heavy atom. The first kappa shape index (κ1) is 14.3. The lowest BCUT2D eigenvalue weighted by Crippen LogP contribution is -2.44. The van der Waals surface area contributed by atoms with Gasteiger partial charge in [-0.25, -0.2) is 0 Å². The Bertz CT molecular complexity index is 728. The number of rotatable bonds is 4. The minimum atomic E-state index is -2.07. The summed E-state index contributed by atoms with van der Waals surface area (Å²) in [4.78, 5) is 25.0. The minimum absolute atomic E-state index is 0.270. The zero-order valence-corrected chi connectivity index (χ0v) is 11.7. The van der Waals surface area contributed by atoms with Gasteiger partial charge in [-0.05, 0) is 11.6 Å². The predicted molar refractivity (Wildman–Crippen MR) is 77.6 cm³/mol. The molecule has 2 aromatic carbocycles. The van der Waals surface area contributed by atoms with Gasteiger partial charge < -0.3 is 19.9 Å². The summed E-state index contributed by atoms with van der Waals surface area (Å²) in [7, 11) is 0. The number of hydrogen-bond acceptors (Lipinski definition) is 4. The Morgan fingerprint density at radius 2 is 1.73 bits per heavy atom. The Morgan fingerprint density at radius 3 is 2.41 bits per heavy atom. The van der Waals surface area contributed by atoms with Gasteiger partial charge in [0.15, 0.2) is 5.60 Å². The van der Waals surface area contributed by atoms with Crippen molar-refractivity contribution < 1.29 is 19.8 Å². The Labute approximate surface area is 127 Å². The third kappa shape index (κ3) is 2.25. The van der Waals surface area contributed by atoms with Crippen molar-refractivity contribution in [3.05, 3.63) is 65.7 Å². The summed E-state index contributed by atoms with van der Waals surface area (Å²) < 4.78 is 0. The number of aliphatic carboxylic acids is 1. The Kier molecular flexibility index (Phi) is 3.42. The fourth-order valence-electron chi connectivity index (χ4n) is 2.81. The van der Waals surface area contributed by atoms with E-state index in [1.165, 1.54) is 4.90 Å². The summed E-state index contributed by atoms with van der Waals surface area (Å²) in [6.45, 7) is 0.270. The van der Waals surface area contributed by atoms with Crippen molar-refractivity contribution in [1.29, 1.82) is 0 Å². The highest BCUT2D eigenvalue weighted by Crippen LogP contribution is 2.42. The fraction of sp³-hybridized carbons (Fsp3) is 0.176. The molecule has 0 aromatic heterocycles. The number of carboxylic acids is 1. The number of carboxylic acid groups (broad SMARTS) is 1. The van der Waals surface area contributed by atoms with Gasteiger partial charge >= 0.3 is 0 Å². The molecule has 22 heavy (non-hydrogen) atoms. The monoisotopic (exact) mass is 296 g/mol. The van der Waals surface area contributed by atoms with Crippen LogP contribution in [0.5, 0.6) is 0 Å². The van der Waals surface area contributed by atoms with Gasteiger partial charge in [-0.1, -0.05) is 48.5 Å². The third-order valence-electron chi connectivity index (χ3n) is 3.82. The SMILES string of the molecule is O=C([O-])C[C@]1(O)C(=O)N(Cc2ccccc2)c2ccccc21. The molecule has 0 fully saturated rings. The van der Waals surface area contributed by atoms with E-state index in [0.29, 0.717) is 11.3 Å². The molecule has 0 aliphatic carbocycles. The van der Waals surface area contributed by atoms with E-state index >= 15 is 0 Å². The van der Waals surface area contributed by atoms with Crippen LogP contribution in [-0.4, -0.2) is 17.0 Å². The van der Waals surface area contributed by atoms with Crippen molar-refractivity contribution >= 4 is 17.6 Å². The van der Waals surface area contributed by atoms with Crippen LogP contribution in [0, 0.1) is 0 Å². The quantitative estimate of drug-likeness (QED) is 0.894. The fourth-order valence-corrected chi connectivity index (χ4v) is 2.81. The number of carbonyl (C=O) groups is 2. The Hall–Kier alpha value is -2.66. The lowest BCUT2D eigenvalue weighted by atomic mass is 9.92. The highest BCUT2D eigenvalue weighted by atomic mass is 16.4. The summed E-state index contributed by atoms with van der Waals surface area (Å²) in [5.74, 6) is -2.10. The standard InChI is InChI=1S/C17H15NO4/c19-15(20)10-17(22)13-8-4-5-9-14(13)18(16(17)21)11-12-6-2-1-3-7-12/h1-9,22H,10-11H2,(H,19,20)/p-1/t17-/m1/s1. The second-order valence-corrected chi connectivity index (χ2v) is 5.30. The van der Waals surface area contributed by atoms with Crippen LogP contribution < -0.4 is 10.0 Å². The molecule has 1 aliphatic heterocycles. The van der Waals surface area contributed by atoms with Crippen LogP contribution in [0.15, 0.2) is 54.6 Å². The molecule has 1 N–H and O–H groups in total. The van der Waals surface area contributed by atoms with E-state index in [4.69, 9.17) is 0 Å². The van der Waals surface area contributed by atoms with Gasteiger partial charge in [0, 0.05) is 18.0 Å². The molecule has 0 unspecified atom stereocenters. The van der Waals surface area contributed by atoms with Gasteiger partial charge in [-0.3, -0.25) is 4.79 Å². The van der Waals surface area contributed by atoms with Gasteiger partial charge in [0.1, 0.15) is 0 Å². The van der Waals surface area contributed by atoms with E-state index in [2.05, 4.69) is 0 Å². The molecule has 0 saturated heterocycles. The zero-order valence-electron chi connectivity index (χ0n) is 11.7. The molecule has 2 aromatic rings. The number of anilines is 1. The molecule has 0 radical (unpaired) electrons. The lowest BCUT2D eigenvalue weighted by molar-refractivity contribution is -0.309. The second kappa shape index (κ2) is 5.27. The lowest BCUT2D eigenvalue weighted by Gasteiger charge is -2.23. The molecule has 5 heteroatoms. The molecule has 0 spiro atoms. The average molecular weight is 296 g/mol. The summed E-state index contributed by atoms with van der Waals surface area (Å²) in [5, 5.41) is 21.6. The average Bonchev–Trinajstić information content (AvgIpc) is 2.70. The van der Waals surface area contributed by atoms with Crippen LogP contribution in [0.1, 0.15) is 17.5 Å². The van der Waals surface area contributed by atoms with Crippen LogP contribution in [0.3, 0.4) is 0 Å². The van der Waals surface area contributed by atoms with Crippen molar-refractivity contribution in [3.63, 3.8) is 0 Å². The molecule has 1 aliphatic rings. The van der Waals surface area contributed by atoms with Crippen molar-refractivity contribution in [2.75, 3.05) is 4.90 Å². The largest absolute Gasteiger partial charge is 0.550 e. The normalized spacial score (nSPS) is 20.0. The molecule has 1 heterocycles. The van der Waals surface area contributed by atoms with Gasteiger partial charge in [0.25, 0.3) is 5.91 Å². The number of benzene rings is 2. The van der Waals surface area contributed by atoms with Gasteiger partial charge in [0.2, 0.25) is 0 Å². The number of fused-ring (bicyclic) bond motifs is 1. The molecular formula is C17H14NO4-. The molecule has 1 amide bonds. The minimum Gasteiger partial charge on any atom is -0.550 e. The number of aliphatic hydroxyl groups is 1. The summed E-state index contributed by atoms with van der Waals surface area (Å²) in [5.41, 5.74) is -0.340. The number of hydrogen-bond donors (Lipinski definition) is 1. The zero-order chi connectivity index (χ0) is 15.7. The smallest absolute Gasteiger partial charge is 0.264 e. The predicted octanol–water partition coefficient (Wildman–Crippen LogP) is 0.561. The highest BCUT2D eigenvalue weighted by Gasteiger charge is 2.49. The van der Waals surface area contributed by atoms with Crippen LogP contribution in [-0.2, 0) is 21.7 Å². The van der Waals surface area contributed by atoms with Crippen LogP contribution >= 0.6 is 0 Å². The van der Waals surface area contributed by atoms with Crippen molar-refractivity contribution in [2.45, 2.75) is 18.6 Å². The van der Waals surface area contributed by atoms with E-state index in [9.17, 15) is 19.8 Å². The van der Waals surface area contributed by atoms with Gasteiger partial charge in [-0.15, -0.1) is 0 Å². The molecule has 3 rings (SSSR count). The molecule has 1 atom stereocenters. The molecular weight excluding hydrogens is 282 g/mol. The number of carbonyl (C=O) groups excluding carboxylic acids is 2. The maximum Gasteiger partial charge on any atom is 0.264 e. The maximum absolute atomic E-state index is 12.6. The first-order valence-electron chi connectivity index (χ1n) is 6.90. The molecule has 112 valence electrons. The maximum atomic E-state index is 12.6. The molecule has 0 bridgehead atoms. The van der Waals surface area contributed by atoms with E-state index in [-0.39, 0.29) is 6.54 Å². The number of amides is 1. The van der Waals surface area contributed by atoms with Gasteiger partial charge in [0.05, 0.1) is 12.2 Å². The number of para-hydroxylation sites is 1. The van der Waals surface area contributed by atoms with Crippen LogP contribution in [0.4, 0.5) is 5.69 Å². The van der Waals surface area contributed by atoms with Crippen LogP contribution in [0.25, 0.3) is 0 Å². The summed E-state index contributed by atoms with van der Waals surface area (Å²) in [6.07, 6.45) is -0.756. The van der Waals surface area contributed by atoms with Crippen molar-refractivity contribution in [1.82, 2.24) is 0 Å². The highest BCUT2D eigenvalue weighted by molar-refractivity contribution is 6.08. The Balaban J connectivity index is 2.02. The number of nitrogens with zero attached hydrogens (tertiary/aromatic N) is 1. The first-order valence-corrected chi connectivity index (χ1v) is 6.90.